The van der Waals surface area contributed by atoms with Crippen molar-refractivity contribution in [2.45, 2.75) is 18.2 Å². The topological polar surface area (TPSA) is 97.7 Å². The molecule has 0 aliphatic heterocycles. The lowest BCUT2D eigenvalue weighted by Crippen LogP contribution is -2.15. The Labute approximate surface area is 166 Å². The number of carbonyl (C=O) groups excluding carboxylic acids is 1. The van der Waals surface area contributed by atoms with Gasteiger partial charge in [0.1, 0.15) is 0 Å². The first-order chi connectivity index (χ1) is 13.6. The number of esters is 1. The quantitative estimate of drug-likeness (QED) is 0.542. The van der Waals surface area contributed by atoms with Crippen LogP contribution in [0.4, 0.5) is 8.78 Å². The van der Waals surface area contributed by atoms with Gasteiger partial charge in [-0.2, -0.15) is 0 Å². The predicted octanol–water partition coefficient (Wildman–Crippen LogP) is 3.21. The van der Waals surface area contributed by atoms with Crippen LogP contribution in [0.3, 0.4) is 0 Å². The van der Waals surface area contributed by atoms with Crippen molar-refractivity contribution >= 4 is 27.3 Å². The van der Waals surface area contributed by atoms with Crippen LogP contribution in [0.25, 0.3) is 5.57 Å². The lowest BCUT2D eigenvalue weighted by molar-refractivity contribution is -0.142. The number of rotatable bonds is 7. The third kappa shape index (κ3) is 5.26. The summed E-state index contributed by atoms with van der Waals surface area (Å²) in [6.45, 7) is 1.44. The molecule has 2 aromatic carbocycles. The molecule has 154 valence electrons. The van der Waals surface area contributed by atoms with E-state index in [4.69, 9.17) is 4.74 Å². The lowest BCUT2D eigenvalue weighted by Gasteiger charge is -2.17. The van der Waals surface area contributed by atoms with Crippen molar-refractivity contribution in [3.05, 3.63) is 70.8 Å². The summed E-state index contributed by atoms with van der Waals surface area (Å²) >= 11 is 0. The van der Waals surface area contributed by atoms with Crippen molar-refractivity contribution in [1.82, 2.24) is 0 Å². The van der Waals surface area contributed by atoms with Crippen LogP contribution in [0, 0.1) is 11.6 Å². The van der Waals surface area contributed by atoms with E-state index in [0.29, 0.717) is 0 Å². The molecule has 0 radical (unpaired) electrons. The molecular formula is C20H18F2O6S. The lowest BCUT2D eigenvalue weighted by atomic mass is 9.91. The smallest absolute Gasteiger partial charge is 0.335 e. The van der Waals surface area contributed by atoms with Gasteiger partial charge in [-0.3, -0.25) is 4.79 Å². The minimum Gasteiger partial charge on any atom is -0.481 e. The maximum Gasteiger partial charge on any atom is 0.335 e. The number of carboxylic acid groups (broad SMARTS) is 1. The highest BCUT2D eigenvalue weighted by molar-refractivity contribution is 7.90. The van der Waals surface area contributed by atoms with E-state index in [1.165, 1.54) is 31.2 Å². The molecule has 0 saturated heterocycles. The summed E-state index contributed by atoms with van der Waals surface area (Å²) in [5.74, 6) is -4.78. The monoisotopic (exact) mass is 424 g/mol. The standard InChI is InChI=1S/C20H18F2O6S/c1-3-28-20(25)14(11-18(23)24)19(12-8-9-15(21)16(22)10-12)13-6-4-5-7-17(13)29(2,26)27/h4-10H,3,11H2,1-2H3,(H,23,24). The van der Waals surface area contributed by atoms with Gasteiger partial charge in [0.15, 0.2) is 21.5 Å². The van der Waals surface area contributed by atoms with Gasteiger partial charge in [0, 0.05) is 17.4 Å². The Balaban J connectivity index is 2.98. The zero-order valence-corrected chi connectivity index (χ0v) is 16.4. The number of aliphatic carboxylic acids is 1. The van der Waals surface area contributed by atoms with Crippen LogP contribution in [0.2, 0.25) is 0 Å². The highest BCUT2D eigenvalue weighted by Crippen LogP contribution is 2.34. The first-order valence-electron chi connectivity index (χ1n) is 8.43. The number of ether oxygens (including phenoxy) is 1. The molecular weight excluding hydrogens is 406 g/mol. The van der Waals surface area contributed by atoms with Crippen molar-refractivity contribution in [1.29, 1.82) is 0 Å². The van der Waals surface area contributed by atoms with Gasteiger partial charge in [0.05, 0.1) is 23.5 Å². The molecule has 9 heteroatoms. The first kappa shape index (κ1) is 22.2. The highest BCUT2D eigenvalue weighted by Gasteiger charge is 2.26. The van der Waals surface area contributed by atoms with Gasteiger partial charge in [0.2, 0.25) is 0 Å². The Morgan fingerprint density at radius 2 is 1.72 bits per heavy atom. The Hall–Kier alpha value is -3.07. The van der Waals surface area contributed by atoms with Crippen molar-refractivity contribution < 1.29 is 36.6 Å². The van der Waals surface area contributed by atoms with Gasteiger partial charge in [-0.05, 0) is 30.7 Å². The average molecular weight is 424 g/mol. The number of carbonyl (C=O) groups is 2. The zero-order valence-electron chi connectivity index (χ0n) is 15.6. The van der Waals surface area contributed by atoms with E-state index in [1.807, 2.05) is 0 Å². The third-order valence-electron chi connectivity index (χ3n) is 3.92. The Kier molecular flexibility index (Phi) is 6.86. The number of benzene rings is 2. The highest BCUT2D eigenvalue weighted by atomic mass is 32.2. The summed E-state index contributed by atoms with van der Waals surface area (Å²) < 4.78 is 56.8. The number of carboxylic acids is 1. The van der Waals surface area contributed by atoms with Gasteiger partial charge in [-0.15, -0.1) is 0 Å². The maximum atomic E-state index is 13.9. The number of halogens is 2. The van der Waals surface area contributed by atoms with Crippen LogP contribution in [-0.4, -0.2) is 38.3 Å². The van der Waals surface area contributed by atoms with E-state index in [0.717, 1.165) is 24.5 Å². The van der Waals surface area contributed by atoms with Crippen molar-refractivity contribution in [3.8, 4) is 0 Å². The van der Waals surface area contributed by atoms with Gasteiger partial charge in [0.25, 0.3) is 0 Å². The number of hydrogen-bond acceptors (Lipinski definition) is 5. The fourth-order valence-electron chi connectivity index (χ4n) is 2.77. The third-order valence-corrected chi connectivity index (χ3v) is 5.07. The molecule has 6 nitrogen and oxygen atoms in total. The zero-order chi connectivity index (χ0) is 21.8. The molecule has 0 saturated carbocycles. The molecule has 1 N–H and O–H groups in total. The number of sulfone groups is 1. The normalized spacial score (nSPS) is 12.3. The Morgan fingerprint density at radius 3 is 2.28 bits per heavy atom. The predicted molar refractivity (Wildman–Crippen MR) is 101 cm³/mol. The van der Waals surface area contributed by atoms with Gasteiger partial charge in [-0.25, -0.2) is 22.0 Å². The molecule has 2 aromatic rings. The van der Waals surface area contributed by atoms with Crippen LogP contribution in [0.15, 0.2) is 52.9 Å². The largest absolute Gasteiger partial charge is 0.481 e. The molecule has 0 aromatic heterocycles. The van der Waals surface area contributed by atoms with E-state index in [-0.39, 0.29) is 33.8 Å². The van der Waals surface area contributed by atoms with E-state index in [2.05, 4.69) is 0 Å². The second kappa shape index (κ2) is 8.95. The molecule has 0 heterocycles. The van der Waals surface area contributed by atoms with Gasteiger partial charge >= 0.3 is 11.9 Å². The molecule has 0 spiro atoms. The summed E-state index contributed by atoms with van der Waals surface area (Å²) in [6.07, 6.45) is 0.126. The van der Waals surface area contributed by atoms with Crippen molar-refractivity contribution in [2.75, 3.05) is 12.9 Å². The Bertz CT molecular complexity index is 1090. The fraction of sp³-hybridized carbons (Fsp3) is 0.200. The Morgan fingerprint density at radius 1 is 1.07 bits per heavy atom. The van der Waals surface area contributed by atoms with Gasteiger partial charge in [-0.1, -0.05) is 24.3 Å². The van der Waals surface area contributed by atoms with Crippen LogP contribution in [-0.2, 0) is 24.2 Å². The van der Waals surface area contributed by atoms with E-state index >= 15 is 0 Å². The van der Waals surface area contributed by atoms with Crippen molar-refractivity contribution in [3.63, 3.8) is 0 Å². The molecule has 0 fully saturated rings. The summed E-state index contributed by atoms with van der Waals surface area (Å²) in [5, 5.41) is 9.28. The summed E-state index contributed by atoms with van der Waals surface area (Å²) in [4.78, 5) is 23.7. The summed E-state index contributed by atoms with van der Waals surface area (Å²) in [7, 11) is -3.81. The maximum absolute atomic E-state index is 13.9. The SMILES string of the molecule is CCOC(=O)C(CC(=O)O)=C(c1ccc(F)c(F)c1)c1ccccc1S(C)(=O)=O. The summed E-state index contributed by atoms with van der Waals surface area (Å²) in [6, 6.07) is 8.26. The average Bonchev–Trinajstić information content (AvgIpc) is 2.63. The minimum absolute atomic E-state index is 0.0229. The van der Waals surface area contributed by atoms with Gasteiger partial charge < -0.3 is 9.84 Å². The molecule has 29 heavy (non-hydrogen) atoms. The van der Waals surface area contributed by atoms with E-state index in [9.17, 15) is 31.9 Å². The van der Waals surface area contributed by atoms with E-state index in [1.54, 1.807) is 0 Å². The molecule has 0 bridgehead atoms. The van der Waals surface area contributed by atoms with E-state index < -0.39 is 39.8 Å². The fourth-order valence-corrected chi connectivity index (χ4v) is 3.67. The molecule has 0 aliphatic carbocycles. The second-order valence-electron chi connectivity index (χ2n) is 6.04. The van der Waals surface area contributed by atoms with Crippen LogP contribution < -0.4 is 0 Å². The number of hydrogen-bond donors (Lipinski definition) is 1. The molecule has 0 amide bonds. The van der Waals surface area contributed by atoms with Crippen molar-refractivity contribution in [2.24, 2.45) is 0 Å². The molecule has 0 unspecified atom stereocenters. The minimum atomic E-state index is -3.81. The second-order valence-corrected chi connectivity index (χ2v) is 8.03. The van der Waals surface area contributed by atoms with Crippen LogP contribution in [0.1, 0.15) is 24.5 Å². The van der Waals surface area contributed by atoms with Crippen LogP contribution >= 0.6 is 0 Å². The van der Waals surface area contributed by atoms with Crippen LogP contribution in [0.5, 0.6) is 0 Å². The summed E-state index contributed by atoms with van der Waals surface area (Å²) in [5.41, 5.74) is -0.637. The molecule has 2 rings (SSSR count). The molecule has 0 atom stereocenters. The first-order valence-corrected chi connectivity index (χ1v) is 10.3. The molecule has 0 aliphatic rings.